The van der Waals surface area contributed by atoms with Crippen LogP contribution in [0.4, 0.5) is 0 Å². The first kappa shape index (κ1) is 17.0. The highest BCUT2D eigenvalue weighted by Gasteiger charge is 2.30. The predicted molar refractivity (Wildman–Crippen MR) is 90.4 cm³/mol. The number of nitrogens with two attached hydrogens (primary N) is 1. The molecule has 1 aliphatic heterocycles. The van der Waals surface area contributed by atoms with Crippen LogP contribution in [0.3, 0.4) is 0 Å². The summed E-state index contributed by atoms with van der Waals surface area (Å²) in [6, 6.07) is 10.8. The van der Waals surface area contributed by atoms with Crippen LogP contribution >= 0.6 is 0 Å². The highest BCUT2D eigenvalue weighted by atomic mass is 16.2. The summed E-state index contributed by atoms with van der Waals surface area (Å²) in [5, 5.41) is 0. The number of hydrogen-bond donors (Lipinski definition) is 1. The van der Waals surface area contributed by atoms with Gasteiger partial charge in [0.25, 0.3) is 0 Å². The summed E-state index contributed by atoms with van der Waals surface area (Å²) in [4.78, 5) is 16.8. The number of likely N-dealkylation sites (tertiary alicyclic amines) is 1. The van der Waals surface area contributed by atoms with Crippen molar-refractivity contribution in [2.24, 2.45) is 5.73 Å². The molecule has 122 valence electrons. The van der Waals surface area contributed by atoms with E-state index in [1.807, 2.05) is 11.0 Å². The van der Waals surface area contributed by atoms with Gasteiger partial charge in [0.05, 0.1) is 6.04 Å². The van der Waals surface area contributed by atoms with Crippen LogP contribution < -0.4 is 5.73 Å². The van der Waals surface area contributed by atoms with E-state index < -0.39 is 6.04 Å². The number of carbonyl (C=O) groups excluding carboxylic acids is 1. The van der Waals surface area contributed by atoms with Gasteiger partial charge in [-0.15, -0.1) is 0 Å². The summed E-state index contributed by atoms with van der Waals surface area (Å²) in [6.07, 6.45) is 2.36. The predicted octanol–water partition coefficient (Wildman–Crippen LogP) is 2.24. The van der Waals surface area contributed by atoms with Gasteiger partial charge in [-0.2, -0.15) is 0 Å². The van der Waals surface area contributed by atoms with E-state index in [-0.39, 0.29) is 11.9 Å². The second kappa shape index (κ2) is 7.75. The minimum absolute atomic E-state index is 0.0570. The number of hydrogen-bond acceptors (Lipinski definition) is 3. The van der Waals surface area contributed by atoms with E-state index in [4.69, 9.17) is 5.73 Å². The van der Waals surface area contributed by atoms with Crippen LogP contribution in [-0.4, -0.2) is 46.9 Å². The van der Waals surface area contributed by atoms with Crippen molar-refractivity contribution in [2.45, 2.75) is 58.3 Å². The zero-order valence-electron chi connectivity index (χ0n) is 14.0. The van der Waals surface area contributed by atoms with Crippen molar-refractivity contribution in [3.05, 3.63) is 35.9 Å². The Labute approximate surface area is 134 Å². The van der Waals surface area contributed by atoms with Gasteiger partial charge in [0, 0.05) is 25.2 Å². The first-order chi connectivity index (χ1) is 10.5. The van der Waals surface area contributed by atoms with E-state index in [0.29, 0.717) is 6.04 Å². The fourth-order valence-corrected chi connectivity index (χ4v) is 3.17. The molecule has 1 saturated heterocycles. The third kappa shape index (κ3) is 4.31. The molecule has 4 heteroatoms. The second-order valence-corrected chi connectivity index (χ2v) is 6.63. The summed E-state index contributed by atoms with van der Waals surface area (Å²) in [6.45, 7) is 8.76. The molecule has 0 saturated carbocycles. The third-order valence-corrected chi connectivity index (χ3v) is 4.43. The van der Waals surface area contributed by atoms with Gasteiger partial charge in [-0.05, 0) is 45.7 Å². The van der Waals surface area contributed by atoms with Crippen molar-refractivity contribution >= 4 is 5.91 Å². The Morgan fingerprint density at radius 1 is 1.32 bits per heavy atom. The van der Waals surface area contributed by atoms with Crippen molar-refractivity contribution in [1.29, 1.82) is 0 Å². The van der Waals surface area contributed by atoms with E-state index in [1.54, 1.807) is 6.92 Å². The highest BCUT2D eigenvalue weighted by molar-refractivity contribution is 5.81. The van der Waals surface area contributed by atoms with E-state index in [2.05, 4.69) is 43.0 Å². The van der Waals surface area contributed by atoms with Crippen molar-refractivity contribution in [3.63, 3.8) is 0 Å². The Hall–Kier alpha value is -1.39. The minimum atomic E-state index is -0.425. The molecular weight excluding hydrogens is 274 g/mol. The molecule has 1 aliphatic rings. The van der Waals surface area contributed by atoms with Gasteiger partial charge >= 0.3 is 0 Å². The van der Waals surface area contributed by atoms with Gasteiger partial charge < -0.3 is 10.6 Å². The zero-order chi connectivity index (χ0) is 16.1. The molecule has 0 radical (unpaired) electrons. The fraction of sp³-hybridized carbons (Fsp3) is 0.611. The van der Waals surface area contributed by atoms with Crippen LogP contribution in [0.25, 0.3) is 0 Å². The van der Waals surface area contributed by atoms with Gasteiger partial charge in [-0.25, -0.2) is 0 Å². The van der Waals surface area contributed by atoms with Crippen LogP contribution in [-0.2, 0) is 11.3 Å². The Bertz CT molecular complexity index is 472. The first-order valence-electron chi connectivity index (χ1n) is 8.33. The Morgan fingerprint density at radius 2 is 2.00 bits per heavy atom. The SMILES string of the molecule is CC(N)C(=O)N(CC1CCCN1Cc1ccccc1)C(C)C. The lowest BCUT2D eigenvalue weighted by atomic mass is 10.1. The maximum atomic E-state index is 12.3. The molecule has 1 heterocycles. The number of rotatable bonds is 6. The van der Waals surface area contributed by atoms with Gasteiger partial charge in [0.15, 0.2) is 0 Å². The molecule has 2 N–H and O–H groups in total. The molecule has 2 atom stereocenters. The topological polar surface area (TPSA) is 49.6 Å². The van der Waals surface area contributed by atoms with Crippen LogP contribution in [0.1, 0.15) is 39.2 Å². The van der Waals surface area contributed by atoms with Crippen molar-refractivity contribution in [1.82, 2.24) is 9.80 Å². The molecule has 0 aliphatic carbocycles. The normalized spacial score (nSPS) is 20.3. The van der Waals surface area contributed by atoms with Crippen LogP contribution in [0, 0.1) is 0 Å². The summed E-state index contributed by atoms with van der Waals surface area (Å²) in [7, 11) is 0. The lowest BCUT2D eigenvalue weighted by Gasteiger charge is -2.34. The van der Waals surface area contributed by atoms with E-state index in [1.165, 1.54) is 12.0 Å². The lowest BCUT2D eigenvalue weighted by molar-refractivity contribution is -0.134. The molecule has 2 rings (SSSR count). The summed E-state index contributed by atoms with van der Waals surface area (Å²) in [5.74, 6) is 0.0570. The second-order valence-electron chi connectivity index (χ2n) is 6.63. The van der Waals surface area contributed by atoms with Crippen LogP contribution in [0.5, 0.6) is 0 Å². The molecule has 4 nitrogen and oxygen atoms in total. The monoisotopic (exact) mass is 303 g/mol. The minimum Gasteiger partial charge on any atom is -0.337 e. The van der Waals surface area contributed by atoms with E-state index in [0.717, 1.165) is 26.1 Å². The number of carbonyl (C=O) groups is 1. The molecule has 1 aromatic carbocycles. The highest BCUT2D eigenvalue weighted by Crippen LogP contribution is 2.22. The molecule has 1 amide bonds. The van der Waals surface area contributed by atoms with Gasteiger partial charge in [0.2, 0.25) is 5.91 Å². The molecule has 1 fully saturated rings. The number of benzene rings is 1. The standard InChI is InChI=1S/C18H29N3O/c1-14(2)21(18(22)15(3)19)13-17-10-7-11-20(17)12-16-8-5-4-6-9-16/h4-6,8-9,14-15,17H,7,10-13,19H2,1-3H3. The summed E-state index contributed by atoms with van der Waals surface area (Å²) < 4.78 is 0. The third-order valence-electron chi connectivity index (χ3n) is 4.43. The zero-order valence-corrected chi connectivity index (χ0v) is 14.0. The molecule has 1 aromatic rings. The van der Waals surface area contributed by atoms with Crippen molar-refractivity contribution in [2.75, 3.05) is 13.1 Å². The average molecular weight is 303 g/mol. The molecule has 2 unspecified atom stereocenters. The quantitative estimate of drug-likeness (QED) is 0.877. The van der Waals surface area contributed by atoms with Crippen LogP contribution in [0.2, 0.25) is 0 Å². The molecule has 0 spiro atoms. The number of amides is 1. The maximum Gasteiger partial charge on any atom is 0.239 e. The summed E-state index contributed by atoms with van der Waals surface area (Å²) in [5.41, 5.74) is 7.14. The smallest absolute Gasteiger partial charge is 0.239 e. The lowest BCUT2D eigenvalue weighted by Crippen LogP contribution is -2.50. The number of nitrogens with zero attached hydrogens (tertiary/aromatic N) is 2. The van der Waals surface area contributed by atoms with Crippen molar-refractivity contribution < 1.29 is 4.79 Å². The van der Waals surface area contributed by atoms with Gasteiger partial charge in [-0.3, -0.25) is 9.69 Å². The molecule has 22 heavy (non-hydrogen) atoms. The Morgan fingerprint density at radius 3 is 2.59 bits per heavy atom. The molecular formula is C18H29N3O. The Balaban J connectivity index is 2.01. The van der Waals surface area contributed by atoms with E-state index >= 15 is 0 Å². The van der Waals surface area contributed by atoms with E-state index in [9.17, 15) is 4.79 Å². The van der Waals surface area contributed by atoms with Crippen molar-refractivity contribution in [3.8, 4) is 0 Å². The van der Waals surface area contributed by atoms with Crippen LogP contribution in [0.15, 0.2) is 30.3 Å². The fourth-order valence-electron chi connectivity index (χ4n) is 3.17. The maximum absolute atomic E-state index is 12.3. The average Bonchev–Trinajstić information content (AvgIpc) is 2.91. The first-order valence-corrected chi connectivity index (χ1v) is 8.33. The molecule has 0 aromatic heterocycles. The van der Waals surface area contributed by atoms with Gasteiger partial charge in [-0.1, -0.05) is 30.3 Å². The largest absolute Gasteiger partial charge is 0.337 e. The van der Waals surface area contributed by atoms with Gasteiger partial charge in [0.1, 0.15) is 0 Å². The molecule has 0 bridgehead atoms. The summed E-state index contributed by atoms with van der Waals surface area (Å²) >= 11 is 0. The Kier molecular flexibility index (Phi) is 5.98.